The second-order valence-electron chi connectivity index (χ2n) is 4.45. The lowest BCUT2D eigenvalue weighted by Crippen LogP contribution is -2.20. The van der Waals surface area contributed by atoms with Gasteiger partial charge in [0.15, 0.2) is 0 Å². The summed E-state index contributed by atoms with van der Waals surface area (Å²) in [4.78, 5) is 11.7. The Balaban J connectivity index is 2.51. The number of rotatable bonds is 8. The average molecular weight is 265 g/mol. The van der Waals surface area contributed by atoms with E-state index in [4.69, 9.17) is 10.8 Å². The summed E-state index contributed by atoms with van der Waals surface area (Å²) in [5.74, 6) is -0.122. The number of carbonyl (C=O) groups is 1. The highest BCUT2D eigenvalue weighted by molar-refractivity contribution is 6.00. The second-order valence-corrected chi connectivity index (χ2v) is 4.45. The Morgan fingerprint density at radius 3 is 2.68 bits per heavy atom. The zero-order chi connectivity index (χ0) is 14.1. The maximum absolute atomic E-state index is 11.7. The molecule has 1 amide bonds. The molecule has 1 aromatic carbocycles. The summed E-state index contributed by atoms with van der Waals surface area (Å²) in [5, 5.41) is 14.5. The topological polar surface area (TPSA) is 87.4 Å². The molecule has 0 fully saturated rings. The van der Waals surface area contributed by atoms with Crippen LogP contribution in [0.4, 0.5) is 11.4 Å². The number of carbonyl (C=O) groups excluding carboxylic acids is 1. The zero-order valence-corrected chi connectivity index (χ0v) is 11.4. The summed E-state index contributed by atoms with van der Waals surface area (Å²) in [6.45, 7) is 1.04. The number of aliphatic hydroxyl groups excluding tert-OH is 1. The Kier molecular flexibility index (Phi) is 6.74. The molecule has 0 saturated carbocycles. The maximum Gasteiger partial charge on any atom is 0.253 e. The van der Waals surface area contributed by atoms with E-state index in [2.05, 4.69) is 10.6 Å². The quantitative estimate of drug-likeness (QED) is 0.424. The van der Waals surface area contributed by atoms with Gasteiger partial charge in [0.25, 0.3) is 5.91 Å². The molecule has 0 heterocycles. The summed E-state index contributed by atoms with van der Waals surface area (Å²) >= 11 is 0. The zero-order valence-electron chi connectivity index (χ0n) is 11.4. The van der Waals surface area contributed by atoms with Gasteiger partial charge in [0.05, 0.1) is 5.56 Å². The molecule has 0 unspecified atom stereocenters. The van der Waals surface area contributed by atoms with Gasteiger partial charge in [0.1, 0.15) is 0 Å². The van der Waals surface area contributed by atoms with E-state index < -0.39 is 0 Å². The monoisotopic (exact) mass is 265 g/mol. The van der Waals surface area contributed by atoms with E-state index in [1.807, 2.05) is 0 Å². The van der Waals surface area contributed by atoms with Crippen molar-refractivity contribution in [2.75, 3.05) is 31.2 Å². The molecular formula is C14H23N3O2. The van der Waals surface area contributed by atoms with Gasteiger partial charge in [-0.1, -0.05) is 12.8 Å². The number of aliphatic hydroxyl groups is 1. The van der Waals surface area contributed by atoms with Crippen LogP contribution in [0.1, 0.15) is 36.0 Å². The van der Waals surface area contributed by atoms with E-state index in [1.54, 1.807) is 25.2 Å². The third-order valence-corrected chi connectivity index (χ3v) is 2.92. The third-order valence-electron chi connectivity index (χ3n) is 2.92. The van der Waals surface area contributed by atoms with Gasteiger partial charge in [-0.3, -0.25) is 4.79 Å². The lowest BCUT2D eigenvalue weighted by Gasteiger charge is -2.12. The van der Waals surface area contributed by atoms with Crippen LogP contribution in [0.25, 0.3) is 0 Å². The molecule has 5 heteroatoms. The van der Waals surface area contributed by atoms with Crippen LogP contribution in [-0.2, 0) is 0 Å². The van der Waals surface area contributed by atoms with Gasteiger partial charge in [-0.25, -0.2) is 0 Å². The van der Waals surface area contributed by atoms with Gasteiger partial charge >= 0.3 is 0 Å². The molecule has 1 rings (SSSR count). The fraction of sp³-hybridized carbons (Fsp3) is 0.500. The van der Waals surface area contributed by atoms with Crippen molar-refractivity contribution in [1.29, 1.82) is 0 Å². The minimum absolute atomic E-state index is 0.122. The van der Waals surface area contributed by atoms with E-state index in [1.165, 1.54) is 0 Å². The van der Waals surface area contributed by atoms with E-state index in [0.29, 0.717) is 11.3 Å². The average Bonchev–Trinajstić information content (AvgIpc) is 2.42. The number of unbranched alkanes of at least 4 members (excludes halogenated alkanes) is 3. The summed E-state index contributed by atoms with van der Waals surface area (Å²) in [6, 6.07) is 5.22. The van der Waals surface area contributed by atoms with E-state index >= 15 is 0 Å². The third kappa shape index (κ3) is 5.18. The van der Waals surface area contributed by atoms with Crippen molar-refractivity contribution in [2.24, 2.45) is 0 Å². The molecule has 0 aliphatic carbocycles. The molecule has 0 aromatic heterocycles. The van der Waals surface area contributed by atoms with Crippen LogP contribution in [0.5, 0.6) is 0 Å². The van der Waals surface area contributed by atoms with Crippen molar-refractivity contribution < 1.29 is 9.90 Å². The Morgan fingerprint density at radius 2 is 2.00 bits per heavy atom. The normalized spacial score (nSPS) is 10.2. The Bertz CT molecular complexity index is 408. The molecule has 0 saturated heterocycles. The summed E-state index contributed by atoms with van der Waals surface area (Å²) in [7, 11) is 1.61. The van der Waals surface area contributed by atoms with Crippen LogP contribution >= 0.6 is 0 Å². The number of nitrogens with one attached hydrogen (secondary N) is 2. The second kappa shape index (κ2) is 8.37. The molecular weight excluding hydrogens is 242 g/mol. The van der Waals surface area contributed by atoms with E-state index in [0.717, 1.165) is 37.9 Å². The summed E-state index contributed by atoms with van der Waals surface area (Å²) in [5.41, 5.74) is 7.74. The molecule has 0 spiro atoms. The Morgan fingerprint density at radius 1 is 1.26 bits per heavy atom. The minimum atomic E-state index is -0.122. The van der Waals surface area contributed by atoms with Gasteiger partial charge in [-0.05, 0) is 31.0 Å². The molecule has 0 radical (unpaired) electrons. The smallest absolute Gasteiger partial charge is 0.253 e. The molecule has 5 N–H and O–H groups in total. The standard InChI is InChI=1S/C14H23N3O2/c1-16-14(19)12-7-6-11(15)10-13(12)17-8-4-2-3-5-9-18/h6-7,10,17-18H,2-5,8-9,15H2,1H3,(H,16,19). The highest BCUT2D eigenvalue weighted by Gasteiger charge is 2.09. The van der Waals surface area contributed by atoms with Crippen LogP contribution in [-0.4, -0.2) is 31.2 Å². The predicted octanol–water partition coefficient (Wildman–Crippen LogP) is 1.59. The maximum atomic E-state index is 11.7. The SMILES string of the molecule is CNC(=O)c1ccc(N)cc1NCCCCCCO. The summed E-state index contributed by atoms with van der Waals surface area (Å²) < 4.78 is 0. The van der Waals surface area contributed by atoms with Gasteiger partial charge < -0.3 is 21.5 Å². The highest BCUT2D eigenvalue weighted by Crippen LogP contribution is 2.19. The van der Waals surface area contributed by atoms with Crippen LogP contribution < -0.4 is 16.4 Å². The first-order valence-electron chi connectivity index (χ1n) is 6.65. The number of nitrogen functional groups attached to an aromatic ring is 1. The summed E-state index contributed by atoms with van der Waals surface area (Å²) in [6.07, 6.45) is 3.94. The van der Waals surface area contributed by atoms with Crippen LogP contribution in [0, 0.1) is 0 Å². The van der Waals surface area contributed by atoms with Crippen molar-refractivity contribution in [3.05, 3.63) is 23.8 Å². The first kappa shape index (κ1) is 15.3. The molecule has 0 bridgehead atoms. The van der Waals surface area contributed by atoms with Crippen LogP contribution in [0.2, 0.25) is 0 Å². The molecule has 106 valence electrons. The van der Waals surface area contributed by atoms with Gasteiger partial charge in [0.2, 0.25) is 0 Å². The molecule has 0 aliphatic rings. The number of anilines is 2. The fourth-order valence-corrected chi connectivity index (χ4v) is 1.85. The Labute approximate surface area is 114 Å². The molecule has 0 atom stereocenters. The molecule has 5 nitrogen and oxygen atoms in total. The lowest BCUT2D eigenvalue weighted by atomic mass is 10.1. The van der Waals surface area contributed by atoms with Crippen molar-refractivity contribution in [2.45, 2.75) is 25.7 Å². The number of nitrogens with two attached hydrogens (primary N) is 1. The number of hydrogen-bond donors (Lipinski definition) is 4. The van der Waals surface area contributed by atoms with Crippen molar-refractivity contribution in [3.63, 3.8) is 0 Å². The van der Waals surface area contributed by atoms with Crippen molar-refractivity contribution in [1.82, 2.24) is 5.32 Å². The number of amides is 1. The van der Waals surface area contributed by atoms with Crippen LogP contribution in [0.15, 0.2) is 18.2 Å². The fourth-order valence-electron chi connectivity index (χ4n) is 1.85. The Hall–Kier alpha value is -1.75. The largest absolute Gasteiger partial charge is 0.399 e. The van der Waals surface area contributed by atoms with Gasteiger partial charge in [-0.2, -0.15) is 0 Å². The molecule has 1 aromatic rings. The van der Waals surface area contributed by atoms with E-state index in [-0.39, 0.29) is 12.5 Å². The predicted molar refractivity (Wildman–Crippen MR) is 78.3 cm³/mol. The minimum Gasteiger partial charge on any atom is -0.399 e. The van der Waals surface area contributed by atoms with Gasteiger partial charge in [-0.15, -0.1) is 0 Å². The molecule has 0 aliphatic heterocycles. The first-order chi connectivity index (χ1) is 9.19. The van der Waals surface area contributed by atoms with Gasteiger partial charge in [0, 0.05) is 31.6 Å². The van der Waals surface area contributed by atoms with Crippen molar-refractivity contribution >= 4 is 17.3 Å². The number of benzene rings is 1. The first-order valence-corrected chi connectivity index (χ1v) is 6.65. The highest BCUT2D eigenvalue weighted by atomic mass is 16.2. The number of hydrogen-bond acceptors (Lipinski definition) is 4. The van der Waals surface area contributed by atoms with Crippen LogP contribution in [0.3, 0.4) is 0 Å². The van der Waals surface area contributed by atoms with Crippen molar-refractivity contribution in [3.8, 4) is 0 Å². The molecule has 19 heavy (non-hydrogen) atoms. The van der Waals surface area contributed by atoms with E-state index in [9.17, 15) is 4.79 Å². The lowest BCUT2D eigenvalue weighted by molar-refractivity contribution is 0.0964.